The first kappa shape index (κ1) is 81.2. The SMILES string of the molecule is CC/C=C\C/C=C\C/C=C\C/C=C\C/C=C\C/C=C\C/C=C\C/C=C\C/C=C\CCCC(=O)OC(COC(=O)CCCCCCCCCCCCCCCCCCCCCCCCC/C=C\C/C=C\CCCCCCC)COP(=O)(O)OCCN. The molecule has 9 nitrogen and oxygen atoms in total. The zero-order valence-corrected chi connectivity index (χ0v) is 55.4. The van der Waals surface area contributed by atoms with Crippen molar-refractivity contribution in [2.24, 2.45) is 5.73 Å². The van der Waals surface area contributed by atoms with Gasteiger partial charge in [-0.15, -0.1) is 0 Å². The van der Waals surface area contributed by atoms with Crippen LogP contribution in [-0.2, 0) is 32.7 Å². The van der Waals surface area contributed by atoms with Gasteiger partial charge in [-0.05, 0) is 109 Å². The van der Waals surface area contributed by atoms with E-state index in [1.54, 1.807) is 0 Å². The van der Waals surface area contributed by atoms with Crippen molar-refractivity contribution in [3.8, 4) is 0 Å². The van der Waals surface area contributed by atoms with Crippen molar-refractivity contribution in [2.75, 3.05) is 26.4 Å². The van der Waals surface area contributed by atoms with Crippen LogP contribution >= 0.6 is 7.82 Å². The Kier molecular flexibility index (Phi) is 66.1. The van der Waals surface area contributed by atoms with Crippen LogP contribution in [0.1, 0.15) is 296 Å². The molecular formula is C75H128NO8P. The molecule has 10 heteroatoms. The highest BCUT2D eigenvalue weighted by Gasteiger charge is 2.26. The van der Waals surface area contributed by atoms with E-state index in [2.05, 4.69) is 141 Å². The summed E-state index contributed by atoms with van der Waals surface area (Å²) in [6, 6.07) is 0. The molecule has 0 aliphatic carbocycles. The first-order valence-electron chi connectivity index (χ1n) is 34.7. The van der Waals surface area contributed by atoms with E-state index in [9.17, 15) is 19.0 Å². The fraction of sp³-hybridized carbons (Fsp3) is 0.680. The maximum Gasteiger partial charge on any atom is 0.472 e. The van der Waals surface area contributed by atoms with Crippen molar-refractivity contribution >= 4 is 19.8 Å². The van der Waals surface area contributed by atoms with Gasteiger partial charge < -0.3 is 20.1 Å². The molecule has 0 rings (SSSR count). The average Bonchev–Trinajstić information content (AvgIpc) is 3.52. The molecule has 0 spiro atoms. The molecule has 0 aromatic rings. The number of phosphoric ester groups is 1. The number of allylic oxidation sites excluding steroid dienone is 22. The smallest absolute Gasteiger partial charge is 0.462 e. The van der Waals surface area contributed by atoms with E-state index in [0.717, 1.165) is 83.5 Å². The van der Waals surface area contributed by atoms with Gasteiger partial charge in [0.15, 0.2) is 6.10 Å². The number of unbranched alkanes of at least 4 members (excludes halogenated alkanes) is 29. The molecule has 0 heterocycles. The lowest BCUT2D eigenvalue weighted by Crippen LogP contribution is -2.29. The molecule has 0 bridgehead atoms. The fourth-order valence-electron chi connectivity index (χ4n) is 9.43. The van der Waals surface area contributed by atoms with Gasteiger partial charge >= 0.3 is 19.8 Å². The Balaban J connectivity index is 3.96. The third-order valence-corrected chi connectivity index (χ3v) is 15.5. The molecule has 0 aromatic heterocycles. The maximum absolute atomic E-state index is 12.7. The number of rotatable bonds is 64. The molecule has 0 radical (unpaired) electrons. The Labute approximate surface area is 523 Å². The van der Waals surface area contributed by atoms with Gasteiger partial charge in [-0.1, -0.05) is 308 Å². The van der Waals surface area contributed by atoms with Gasteiger partial charge in [0.1, 0.15) is 6.61 Å². The summed E-state index contributed by atoms with van der Waals surface area (Å²) in [5.41, 5.74) is 5.39. The zero-order valence-electron chi connectivity index (χ0n) is 54.5. The van der Waals surface area contributed by atoms with E-state index >= 15 is 0 Å². The lowest BCUT2D eigenvalue weighted by Gasteiger charge is -2.19. The third-order valence-electron chi connectivity index (χ3n) is 14.5. The Morgan fingerprint density at radius 1 is 0.365 bits per heavy atom. The number of hydrogen-bond acceptors (Lipinski definition) is 8. The average molecular weight is 1200 g/mol. The highest BCUT2D eigenvalue weighted by Crippen LogP contribution is 2.43. The van der Waals surface area contributed by atoms with Crippen molar-refractivity contribution in [1.82, 2.24) is 0 Å². The Morgan fingerprint density at radius 2 is 0.659 bits per heavy atom. The molecule has 2 unspecified atom stereocenters. The summed E-state index contributed by atoms with van der Waals surface area (Å²) in [6.45, 7) is 3.57. The van der Waals surface area contributed by atoms with Crippen LogP contribution in [0.5, 0.6) is 0 Å². The molecule has 0 amide bonds. The molecule has 0 aliphatic rings. The Hall–Kier alpha value is -3.85. The summed E-state index contributed by atoms with van der Waals surface area (Å²) in [5, 5.41) is 0. The molecule has 0 saturated carbocycles. The number of carbonyl (C=O) groups is 2. The minimum absolute atomic E-state index is 0.0384. The first-order chi connectivity index (χ1) is 41.8. The minimum Gasteiger partial charge on any atom is -0.462 e. The standard InChI is InChI=1S/C75H128NO8P/c1-3-5-7-9-11-13-15-17-19-21-23-25-27-29-31-33-34-35-36-37-38-40-41-43-45-47-49-51-53-55-57-59-61-63-65-67-74(77)81-71-73(72-83-85(79,80)82-70-69-76)84-75(78)68-66-64-62-60-58-56-54-52-50-48-46-44-42-39-32-30-28-26-24-22-20-18-16-14-12-10-8-6-4-2/h6,8,12,14-15,17-18,20-21,23-24,26,30,32,42,44,48,50,54,56,60,62,73H,3-5,7,9-11,13,16,19,22,25,27-29,31,33-41,43,45-47,49,51-53,55,57-59,61,63-72,76H2,1-2H3,(H,79,80)/b8-6-,14-12-,17-15-,20-18-,23-21-,26-24-,32-30-,44-42-,50-48-,56-54-,62-60-. The van der Waals surface area contributed by atoms with Crippen molar-refractivity contribution < 1.29 is 37.6 Å². The van der Waals surface area contributed by atoms with E-state index in [1.807, 2.05) is 6.08 Å². The first-order valence-corrected chi connectivity index (χ1v) is 36.2. The second-order valence-electron chi connectivity index (χ2n) is 22.7. The van der Waals surface area contributed by atoms with E-state index in [-0.39, 0.29) is 32.6 Å². The number of carbonyl (C=O) groups excluding carboxylic acids is 2. The van der Waals surface area contributed by atoms with Crippen LogP contribution in [0.3, 0.4) is 0 Å². The second kappa shape index (κ2) is 69.3. The van der Waals surface area contributed by atoms with Crippen LogP contribution in [0.15, 0.2) is 134 Å². The predicted octanol–water partition coefficient (Wildman–Crippen LogP) is 22.9. The van der Waals surface area contributed by atoms with Crippen LogP contribution in [0.2, 0.25) is 0 Å². The van der Waals surface area contributed by atoms with E-state index in [4.69, 9.17) is 24.3 Å². The molecule has 85 heavy (non-hydrogen) atoms. The van der Waals surface area contributed by atoms with Crippen molar-refractivity contribution in [2.45, 2.75) is 302 Å². The summed E-state index contributed by atoms with van der Waals surface area (Å²) in [4.78, 5) is 35.3. The lowest BCUT2D eigenvalue weighted by molar-refractivity contribution is -0.161. The van der Waals surface area contributed by atoms with E-state index in [0.29, 0.717) is 12.8 Å². The number of ether oxygens (including phenoxy) is 2. The number of nitrogens with two attached hydrogens (primary N) is 1. The molecule has 2 atom stereocenters. The van der Waals surface area contributed by atoms with Gasteiger partial charge in [0.25, 0.3) is 0 Å². The molecule has 0 aromatic carbocycles. The van der Waals surface area contributed by atoms with Crippen molar-refractivity contribution in [3.05, 3.63) is 134 Å². The van der Waals surface area contributed by atoms with Crippen LogP contribution in [0.4, 0.5) is 0 Å². The highest BCUT2D eigenvalue weighted by atomic mass is 31.2. The van der Waals surface area contributed by atoms with Crippen LogP contribution in [0, 0.1) is 0 Å². The number of phosphoric acid groups is 1. The quantitative estimate of drug-likeness (QED) is 0.0264. The van der Waals surface area contributed by atoms with Gasteiger partial charge in [0.05, 0.1) is 13.2 Å². The van der Waals surface area contributed by atoms with E-state index < -0.39 is 32.5 Å². The van der Waals surface area contributed by atoms with Gasteiger partial charge in [-0.2, -0.15) is 0 Å². The van der Waals surface area contributed by atoms with Gasteiger partial charge in [0, 0.05) is 19.4 Å². The monoisotopic (exact) mass is 1200 g/mol. The summed E-state index contributed by atoms with van der Waals surface area (Å²) in [7, 11) is -4.42. The molecule has 3 N–H and O–H groups in total. The summed E-state index contributed by atoms with van der Waals surface area (Å²) in [6.07, 6.45) is 98.4. The highest BCUT2D eigenvalue weighted by molar-refractivity contribution is 7.47. The topological polar surface area (TPSA) is 134 Å². The zero-order chi connectivity index (χ0) is 61.6. The number of esters is 2. The Bertz CT molecular complexity index is 1860. The lowest BCUT2D eigenvalue weighted by atomic mass is 10.0. The molecular weight excluding hydrogens is 1070 g/mol. The molecule has 486 valence electrons. The molecule has 0 saturated heterocycles. The fourth-order valence-corrected chi connectivity index (χ4v) is 10.2. The van der Waals surface area contributed by atoms with E-state index in [1.165, 1.54) is 173 Å². The minimum atomic E-state index is -4.42. The number of hydrogen-bond donors (Lipinski definition) is 2. The van der Waals surface area contributed by atoms with Crippen molar-refractivity contribution in [3.63, 3.8) is 0 Å². The summed E-state index contributed by atoms with van der Waals surface area (Å²) in [5.74, 6) is -0.897. The van der Waals surface area contributed by atoms with Crippen LogP contribution in [-0.4, -0.2) is 49.3 Å². The summed E-state index contributed by atoms with van der Waals surface area (Å²) >= 11 is 0. The van der Waals surface area contributed by atoms with Crippen LogP contribution < -0.4 is 5.73 Å². The molecule has 0 fully saturated rings. The second-order valence-corrected chi connectivity index (χ2v) is 24.1. The van der Waals surface area contributed by atoms with Gasteiger partial charge in [-0.3, -0.25) is 18.6 Å². The Morgan fingerprint density at radius 3 is 1.00 bits per heavy atom. The normalized spacial score (nSPS) is 13.8. The predicted molar refractivity (Wildman–Crippen MR) is 367 cm³/mol. The molecule has 0 aliphatic heterocycles. The largest absolute Gasteiger partial charge is 0.472 e. The van der Waals surface area contributed by atoms with Crippen LogP contribution in [0.25, 0.3) is 0 Å². The van der Waals surface area contributed by atoms with Gasteiger partial charge in [-0.25, -0.2) is 4.57 Å². The van der Waals surface area contributed by atoms with Crippen molar-refractivity contribution in [1.29, 1.82) is 0 Å². The summed E-state index contributed by atoms with van der Waals surface area (Å²) < 4.78 is 33.1. The third kappa shape index (κ3) is 69.1. The van der Waals surface area contributed by atoms with Gasteiger partial charge in [0.2, 0.25) is 0 Å². The maximum atomic E-state index is 12.7.